The summed E-state index contributed by atoms with van der Waals surface area (Å²) in [6.45, 7) is 1.99. The first kappa shape index (κ1) is 10.5. The molecule has 3 nitrogen and oxygen atoms in total. The summed E-state index contributed by atoms with van der Waals surface area (Å²) in [5.74, 6) is -0.0626. The van der Waals surface area contributed by atoms with Crippen LogP contribution in [0.3, 0.4) is 0 Å². The number of rotatable bonds is 2. The molecule has 0 bridgehead atoms. The minimum atomic E-state index is -0.903. The molecule has 3 heteroatoms. The molecule has 0 spiro atoms. The molecule has 0 saturated carbocycles. The molecule has 0 aliphatic carbocycles. The van der Waals surface area contributed by atoms with E-state index in [-0.39, 0.29) is 0 Å². The lowest BCUT2D eigenvalue weighted by molar-refractivity contribution is -0.132. The number of para-hydroxylation sites is 1. The second-order valence-corrected chi connectivity index (χ2v) is 3.68. The third kappa shape index (κ3) is 2.14. The Hall–Kier alpha value is -2.03. The zero-order valence-electron chi connectivity index (χ0n) is 8.93. The Labute approximate surface area is 93.7 Å². The zero-order valence-corrected chi connectivity index (χ0v) is 8.93. The van der Waals surface area contributed by atoms with Crippen LogP contribution >= 0.6 is 0 Å². The molecule has 0 saturated heterocycles. The number of carboxylic acid groups (broad SMARTS) is 1. The zero-order chi connectivity index (χ0) is 11.5. The van der Waals surface area contributed by atoms with Crippen molar-refractivity contribution in [2.75, 3.05) is 6.61 Å². The minimum Gasteiger partial charge on any atom is -0.488 e. The molecular weight excluding hydrogens is 204 g/mol. The normalized spacial score (nSPS) is 14.8. The van der Waals surface area contributed by atoms with Crippen LogP contribution in [-0.4, -0.2) is 17.7 Å². The van der Waals surface area contributed by atoms with E-state index >= 15 is 0 Å². The smallest absolute Gasteiger partial charge is 0.331 e. The first-order valence-electron chi connectivity index (χ1n) is 5.01. The van der Waals surface area contributed by atoms with Gasteiger partial charge in [-0.2, -0.15) is 0 Å². The summed E-state index contributed by atoms with van der Waals surface area (Å²) in [7, 11) is 0. The Kier molecular flexibility index (Phi) is 2.77. The molecule has 1 N–H and O–H groups in total. The predicted octanol–water partition coefficient (Wildman–Crippen LogP) is 2.49. The third-order valence-electron chi connectivity index (χ3n) is 2.39. The van der Waals surface area contributed by atoms with Gasteiger partial charge < -0.3 is 9.84 Å². The molecule has 0 radical (unpaired) electrons. The Bertz CT molecular complexity index is 484. The molecule has 2 rings (SSSR count). The molecular formula is C13H12O3. The van der Waals surface area contributed by atoms with Gasteiger partial charge in [0, 0.05) is 11.1 Å². The van der Waals surface area contributed by atoms with Crippen molar-refractivity contribution < 1.29 is 14.6 Å². The van der Waals surface area contributed by atoms with E-state index in [2.05, 4.69) is 0 Å². The third-order valence-corrected chi connectivity index (χ3v) is 2.39. The Balaban J connectivity index is 2.31. The maximum atomic E-state index is 10.7. The maximum Gasteiger partial charge on any atom is 0.331 e. The molecule has 0 unspecified atom stereocenters. The Morgan fingerprint density at radius 3 is 2.94 bits per heavy atom. The number of fused-ring (bicyclic) bond motifs is 1. The van der Waals surface area contributed by atoms with Gasteiger partial charge in [-0.25, -0.2) is 4.79 Å². The standard InChI is InChI=1S/C13H12O3/c1-9(13(14)15)6-10-7-11-4-2-3-5-12(11)16-8-10/h2-7H,8H2,1H3,(H,14,15)/b9-6+. The second-order valence-electron chi connectivity index (χ2n) is 3.68. The van der Waals surface area contributed by atoms with E-state index in [9.17, 15) is 4.79 Å². The van der Waals surface area contributed by atoms with E-state index in [1.54, 1.807) is 13.0 Å². The van der Waals surface area contributed by atoms with Crippen LogP contribution in [0.2, 0.25) is 0 Å². The van der Waals surface area contributed by atoms with Crippen molar-refractivity contribution in [3.63, 3.8) is 0 Å². The van der Waals surface area contributed by atoms with Crippen LogP contribution in [0, 0.1) is 0 Å². The minimum absolute atomic E-state index is 0.314. The van der Waals surface area contributed by atoms with Crippen molar-refractivity contribution in [3.05, 3.63) is 47.1 Å². The molecule has 1 aliphatic rings. The van der Waals surface area contributed by atoms with E-state index in [0.717, 1.165) is 16.9 Å². The van der Waals surface area contributed by atoms with Crippen LogP contribution < -0.4 is 4.74 Å². The summed E-state index contributed by atoms with van der Waals surface area (Å²) in [5.41, 5.74) is 2.17. The number of ether oxygens (including phenoxy) is 1. The summed E-state index contributed by atoms with van der Waals surface area (Å²) in [6, 6.07) is 7.68. The van der Waals surface area contributed by atoms with Crippen LogP contribution in [0.5, 0.6) is 5.75 Å². The number of hydrogen-bond donors (Lipinski definition) is 1. The molecule has 82 valence electrons. The number of benzene rings is 1. The van der Waals surface area contributed by atoms with Gasteiger partial charge in [-0.1, -0.05) is 18.2 Å². The van der Waals surface area contributed by atoms with Crippen molar-refractivity contribution in [3.8, 4) is 5.75 Å². The lowest BCUT2D eigenvalue weighted by Gasteiger charge is -2.15. The molecule has 0 atom stereocenters. The SMILES string of the molecule is C/C(=C\C1=Cc2ccccc2OC1)C(=O)O. The predicted molar refractivity (Wildman–Crippen MR) is 61.3 cm³/mol. The van der Waals surface area contributed by atoms with Gasteiger partial charge in [0.2, 0.25) is 0 Å². The number of aliphatic carboxylic acids is 1. The van der Waals surface area contributed by atoms with E-state index in [0.29, 0.717) is 12.2 Å². The van der Waals surface area contributed by atoms with Crippen LogP contribution in [0.4, 0.5) is 0 Å². The van der Waals surface area contributed by atoms with E-state index in [1.807, 2.05) is 30.3 Å². The summed E-state index contributed by atoms with van der Waals surface area (Å²) in [5, 5.41) is 8.77. The van der Waals surface area contributed by atoms with E-state index < -0.39 is 5.97 Å². The van der Waals surface area contributed by atoms with E-state index in [4.69, 9.17) is 9.84 Å². The monoisotopic (exact) mass is 216 g/mol. The first-order valence-corrected chi connectivity index (χ1v) is 5.01. The second kappa shape index (κ2) is 4.23. The highest BCUT2D eigenvalue weighted by molar-refractivity contribution is 5.87. The summed E-state index contributed by atoms with van der Waals surface area (Å²) < 4.78 is 5.51. The summed E-state index contributed by atoms with van der Waals surface area (Å²) >= 11 is 0. The number of carbonyl (C=O) groups is 1. The van der Waals surface area contributed by atoms with Gasteiger partial charge in [0.15, 0.2) is 0 Å². The Morgan fingerprint density at radius 1 is 1.44 bits per heavy atom. The van der Waals surface area contributed by atoms with Gasteiger partial charge in [-0.3, -0.25) is 0 Å². The van der Waals surface area contributed by atoms with Crippen LogP contribution in [0.25, 0.3) is 6.08 Å². The van der Waals surface area contributed by atoms with Gasteiger partial charge in [0.05, 0.1) is 0 Å². The van der Waals surface area contributed by atoms with Crippen molar-refractivity contribution in [1.82, 2.24) is 0 Å². The van der Waals surface area contributed by atoms with Crippen LogP contribution in [-0.2, 0) is 4.79 Å². The van der Waals surface area contributed by atoms with Gasteiger partial charge in [0.1, 0.15) is 12.4 Å². The lowest BCUT2D eigenvalue weighted by atomic mass is 10.1. The molecule has 0 aromatic heterocycles. The molecule has 1 heterocycles. The Morgan fingerprint density at radius 2 is 2.19 bits per heavy atom. The largest absolute Gasteiger partial charge is 0.488 e. The van der Waals surface area contributed by atoms with Crippen molar-refractivity contribution in [2.24, 2.45) is 0 Å². The first-order chi connectivity index (χ1) is 7.66. The molecule has 0 fully saturated rings. The van der Waals surface area contributed by atoms with Crippen molar-refractivity contribution in [1.29, 1.82) is 0 Å². The summed E-state index contributed by atoms with van der Waals surface area (Å²) in [4.78, 5) is 10.7. The van der Waals surface area contributed by atoms with Gasteiger partial charge >= 0.3 is 5.97 Å². The van der Waals surface area contributed by atoms with E-state index in [1.165, 1.54) is 0 Å². The highest BCUT2D eigenvalue weighted by atomic mass is 16.5. The van der Waals surface area contributed by atoms with Gasteiger partial charge in [-0.05, 0) is 30.7 Å². The average molecular weight is 216 g/mol. The average Bonchev–Trinajstić information content (AvgIpc) is 2.28. The summed E-state index contributed by atoms with van der Waals surface area (Å²) in [6.07, 6.45) is 3.59. The highest BCUT2D eigenvalue weighted by Gasteiger charge is 2.10. The molecule has 1 aromatic carbocycles. The fraction of sp³-hybridized carbons (Fsp3) is 0.154. The quantitative estimate of drug-likeness (QED) is 0.772. The number of carboxylic acids is 1. The highest BCUT2D eigenvalue weighted by Crippen LogP contribution is 2.26. The molecule has 1 aromatic rings. The lowest BCUT2D eigenvalue weighted by Crippen LogP contribution is -2.07. The van der Waals surface area contributed by atoms with Gasteiger partial charge in [0.25, 0.3) is 0 Å². The van der Waals surface area contributed by atoms with Crippen LogP contribution in [0.15, 0.2) is 41.5 Å². The fourth-order valence-electron chi connectivity index (χ4n) is 1.56. The molecule has 0 amide bonds. The molecule has 1 aliphatic heterocycles. The molecule has 16 heavy (non-hydrogen) atoms. The van der Waals surface area contributed by atoms with Crippen molar-refractivity contribution in [2.45, 2.75) is 6.92 Å². The van der Waals surface area contributed by atoms with Crippen LogP contribution in [0.1, 0.15) is 12.5 Å². The number of hydrogen-bond acceptors (Lipinski definition) is 2. The maximum absolute atomic E-state index is 10.7. The fourth-order valence-corrected chi connectivity index (χ4v) is 1.56. The van der Waals surface area contributed by atoms with Crippen molar-refractivity contribution >= 4 is 12.0 Å². The topological polar surface area (TPSA) is 46.5 Å². The van der Waals surface area contributed by atoms with Gasteiger partial charge in [-0.15, -0.1) is 0 Å².